The predicted octanol–water partition coefficient (Wildman–Crippen LogP) is 3.37. The summed E-state index contributed by atoms with van der Waals surface area (Å²) >= 11 is 0. The summed E-state index contributed by atoms with van der Waals surface area (Å²) in [4.78, 5) is 25.1. The minimum atomic E-state index is 0.276. The van der Waals surface area contributed by atoms with Crippen molar-refractivity contribution in [3.63, 3.8) is 0 Å². The normalized spacial score (nSPS) is 19.3. The number of hydrogen-bond acceptors (Lipinski definition) is 9. The number of nitrogen functional groups attached to an aromatic ring is 1. The van der Waals surface area contributed by atoms with E-state index in [1.807, 2.05) is 19.3 Å². The fraction of sp³-hybridized carbons (Fsp3) is 0.429. The third-order valence-corrected chi connectivity index (χ3v) is 6.82. The summed E-state index contributed by atoms with van der Waals surface area (Å²) in [7, 11) is 2.15. The van der Waals surface area contributed by atoms with Crippen LogP contribution in [0.3, 0.4) is 0 Å². The van der Waals surface area contributed by atoms with Crippen molar-refractivity contribution in [2.45, 2.75) is 33.2 Å². The van der Waals surface area contributed by atoms with E-state index in [1.54, 1.807) is 0 Å². The topological polar surface area (TPSA) is 99.3 Å². The van der Waals surface area contributed by atoms with E-state index >= 15 is 0 Å². The lowest BCUT2D eigenvalue weighted by atomic mass is 9.93. The van der Waals surface area contributed by atoms with E-state index in [0.717, 1.165) is 68.6 Å². The van der Waals surface area contributed by atoms with E-state index < -0.39 is 0 Å². The van der Waals surface area contributed by atoms with Crippen LogP contribution in [0.25, 0.3) is 11.8 Å². The summed E-state index contributed by atoms with van der Waals surface area (Å²) in [5, 5.41) is 3.16. The van der Waals surface area contributed by atoms with Crippen molar-refractivity contribution in [2.24, 2.45) is 0 Å². The van der Waals surface area contributed by atoms with Crippen LogP contribution in [0.2, 0.25) is 0 Å². The molecule has 1 saturated heterocycles. The highest BCUT2D eigenvalue weighted by Crippen LogP contribution is 2.31. The van der Waals surface area contributed by atoms with Crippen LogP contribution in [0.15, 0.2) is 54.4 Å². The molecule has 1 atom stereocenters. The molecule has 3 N–H and O–H groups in total. The maximum Gasteiger partial charge on any atom is 0.223 e. The zero-order valence-electron chi connectivity index (χ0n) is 22.5. The van der Waals surface area contributed by atoms with Gasteiger partial charge in [0, 0.05) is 69.3 Å². The minimum Gasteiger partial charge on any atom is -0.383 e. The molecule has 0 amide bonds. The molecular formula is C28H39N9. The molecule has 9 nitrogen and oxygen atoms in total. The van der Waals surface area contributed by atoms with Crippen LogP contribution < -0.4 is 20.9 Å². The molecule has 2 aliphatic rings. The van der Waals surface area contributed by atoms with E-state index in [0.29, 0.717) is 11.8 Å². The third kappa shape index (κ3) is 6.54. The number of hydrogen-bond donors (Lipinski definition) is 2. The van der Waals surface area contributed by atoms with E-state index in [2.05, 4.69) is 97.8 Å². The Morgan fingerprint density at radius 3 is 2.46 bits per heavy atom. The van der Waals surface area contributed by atoms with Crippen molar-refractivity contribution in [3.8, 4) is 0 Å². The zero-order chi connectivity index (χ0) is 26.4. The number of allylic oxidation sites excluding steroid dienone is 2. The van der Waals surface area contributed by atoms with Crippen LogP contribution in [-0.4, -0.2) is 77.2 Å². The lowest BCUT2D eigenvalue weighted by molar-refractivity contribution is 0.312. The summed E-state index contributed by atoms with van der Waals surface area (Å²) < 4.78 is 0. The van der Waals surface area contributed by atoms with Crippen LogP contribution in [0.4, 0.5) is 17.6 Å². The first-order valence-electron chi connectivity index (χ1n) is 13.0. The fourth-order valence-electron chi connectivity index (χ4n) is 4.70. The lowest BCUT2D eigenvalue weighted by Gasteiger charge is -2.37. The molecule has 37 heavy (non-hydrogen) atoms. The van der Waals surface area contributed by atoms with Crippen LogP contribution in [0, 0.1) is 0 Å². The smallest absolute Gasteiger partial charge is 0.223 e. The van der Waals surface area contributed by atoms with Gasteiger partial charge in [0.05, 0.1) is 5.70 Å². The van der Waals surface area contributed by atoms with Gasteiger partial charge in [-0.2, -0.15) is 9.97 Å². The Bertz CT molecular complexity index is 1170. The molecule has 196 valence electrons. The van der Waals surface area contributed by atoms with Crippen LogP contribution in [0.5, 0.6) is 0 Å². The van der Waals surface area contributed by atoms with Gasteiger partial charge in [-0.15, -0.1) is 0 Å². The van der Waals surface area contributed by atoms with Gasteiger partial charge in [0.15, 0.2) is 5.82 Å². The summed E-state index contributed by atoms with van der Waals surface area (Å²) in [6.07, 6.45) is 13.1. The largest absolute Gasteiger partial charge is 0.383 e. The monoisotopic (exact) mass is 501 g/mol. The van der Waals surface area contributed by atoms with Crippen molar-refractivity contribution in [1.82, 2.24) is 30.2 Å². The van der Waals surface area contributed by atoms with Crippen LogP contribution in [-0.2, 0) is 0 Å². The number of piperazine rings is 1. The van der Waals surface area contributed by atoms with E-state index in [-0.39, 0.29) is 6.04 Å². The maximum absolute atomic E-state index is 6.19. The molecule has 0 radical (unpaired) electrons. The Morgan fingerprint density at radius 2 is 1.78 bits per heavy atom. The van der Waals surface area contributed by atoms with E-state index in [9.17, 15) is 0 Å². The van der Waals surface area contributed by atoms with E-state index in [1.165, 1.54) is 11.1 Å². The molecule has 0 spiro atoms. The van der Waals surface area contributed by atoms with Crippen LogP contribution in [0.1, 0.15) is 38.6 Å². The molecule has 9 heteroatoms. The molecule has 0 saturated carbocycles. The summed E-state index contributed by atoms with van der Waals surface area (Å²) in [6, 6.07) is 2.36. The first-order valence-corrected chi connectivity index (χ1v) is 13.0. The molecule has 2 aliphatic heterocycles. The Morgan fingerprint density at radius 1 is 1.08 bits per heavy atom. The number of likely N-dealkylation sites (N-methyl/N-ethyl adjacent to an activating group) is 1. The molecule has 0 aliphatic carbocycles. The number of rotatable bonds is 8. The van der Waals surface area contributed by atoms with Crippen LogP contribution >= 0.6 is 0 Å². The van der Waals surface area contributed by atoms with Gasteiger partial charge in [-0.3, -0.25) is 0 Å². The second-order valence-electron chi connectivity index (χ2n) is 9.65. The number of nitrogens with zero attached hydrogens (tertiary/aromatic N) is 7. The average molecular weight is 502 g/mol. The Balaban J connectivity index is 1.57. The van der Waals surface area contributed by atoms with Gasteiger partial charge in [0.25, 0.3) is 0 Å². The molecule has 1 fully saturated rings. The van der Waals surface area contributed by atoms with Gasteiger partial charge >= 0.3 is 0 Å². The maximum atomic E-state index is 6.19. The van der Waals surface area contributed by atoms with E-state index in [4.69, 9.17) is 5.73 Å². The van der Waals surface area contributed by atoms with Gasteiger partial charge in [-0.05, 0) is 45.4 Å². The minimum absolute atomic E-state index is 0.276. The second-order valence-corrected chi connectivity index (χ2v) is 9.65. The first kappa shape index (κ1) is 26.3. The van der Waals surface area contributed by atoms with Crippen molar-refractivity contribution < 1.29 is 0 Å². The fourth-order valence-corrected chi connectivity index (χ4v) is 4.70. The molecular weight excluding hydrogens is 462 g/mol. The average Bonchev–Trinajstić information content (AvgIpc) is 2.89. The second kappa shape index (κ2) is 12.0. The van der Waals surface area contributed by atoms with Gasteiger partial charge in [0.2, 0.25) is 5.95 Å². The summed E-state index contributed by atoms with van der Waals surface area (Å²) in [6.45, 7) is 15.7. The first-order chi connectivity index (χ1) is 17.9. The highest BCUT2D eigenvalue weighted by molar-refractivity contribution is 5.61. The predicted molar refractivity (Wildman–Crippen MR) is 153 cm³/mol. The van der Waals surface area contributed by atoms with Gasteiger partial charge < -0.3 is 25.8 Å². The molecule has 0 aromatic carbocycles. The number of nitrogens with two attached hydrogens (primary N) is 1. The summed E-state index contributed by atoms with van der Waals surface area (Å²) in [5.41, 5.74) is 10.4. The number of nitrogens with one attached hydrogen (secondary N) is 1. The van der Waals surface area contributed by atoms with Crippen molar-refractivity contribution >= 4 is 29.4 Å². The van der Waals surface area contributed by atoms with Crippen molar-refractivity contribution in [1.29, 1.82) is 0 Å². The molecule has 4 rings (SSSR count). The third-order valence-electron chi connectivity index (χ3n) is 6.82. The van der Waals surface area contributed by atoms with Crippen molar-refractivity contribution in [2.75, 3.05) is 61.8 Å². The Hall–Kier alpha value is -3.72. The quantitative estimate of drug-likeness (QED) is 0.564. The molecule has 1 unspecified atom stereocenters. The molecule has 0 bridgehead atoms. The lowest BCUT2D eigenvalue weighted by Crippen LogP contribution is -2.45. The Kier molecular flexibility index (Phi) is 8.55. The Labute approximate surface area is 220 Å². The number of aromatic nitrogens is 4. The zero-order valence-corrected chi connectivity index (χ0v) is 22.5. The van der Waals surface area contributed by atoms with Gasteiger partial charge in [0.1, 0.15) is 11.6 Å². The summed E-state index contributed by atoms with van der Waals surface area (Å²) in [5.74, 6) is 2.70. The molecule has 2 aromatic rings. The van der Waals surface area contributed by atoms with Gasteiger partial charge in [-0.1, -0.05) is 30.9 Å². The van der Waals surface area contributed by atoms with Crippen molar-refractivity contribution in [3.05, 3.63) is 65.8 Å². The highest BCUT2D eigenvalue weighted by atomic mass is 15.3. The SMILES string of the molecule is C=C(NCC)c1ncc(/C=C/C2=C(/C=C\C)CC(C)N(c3cc(N4CCN(C)CC4)nc(N)n3)C2)cn1. The highest BCUT2D eigenvalue weighted by Gasteiger charge is 2.26. The van der Waals surface area contributed by atoms with Gasteiger partial charge in [-0.25, -0.2) is 9.97 Å². The number of anilines is 3. The standard InChI is InChI=1S/C28H39N9/c1-6-8-23-15-20(3)37(26-16-25(33-28(29)34-26)36-13-11-35(5)12-14-36)19-24(23)10-9-22-17-31-27(32-18-22)21(4)30-7-2/h6,8-10,16-18,20,30H,4,7,11-15,19H2,1-3,5H3,(H2,29,33,34)/b8-6-,10-9+. The molecule has 4 heterocycles. The molecule has 2 aromatic heterocycles.